The Balaban J connectivity index is 1.58. The van der Waals surface area contributed by atoms with Crippen LogP contribution in [0.15, 0.2) is 24.3 Å². The molecule has 112 valence electrons. The first-order valence-electron chi connectivity index (χ1n) is 7.36. The van der Waals surface area contributed by atoms with E-state index < -0.39 is 0 Å². The Bertz CT molecular complexity index is 651. The standard InChI is InChI=1S/C15H20N4OS/c21-15-17-13-5-2-1-4-12(13)14(18-15)16-6-3-7-19-8-10-20-11-9-19/h1-2,4-5H,3,6-11H2,(H2,16,17,18,21). The zero-order valence-corrected chi connectivity index (χ0v) is 12.8. The number of H-pyrrole nitrogens is 1. The van der Waals surface area contributed by atoms with Crippen molar-refractivity contribution in [1.82, 2.24) is 14.9 Å². The van der Waals surface area contributed by atoms with Crippen molar-refractivity contribution in [3.05, 3.63) is 29.0 Å². The number of ether oxygens (including phenoxy) is 1. The Morgan fingerprint density at radius 2 is 2.10 bits per heavy atom. The average Bonchev–Trinajstić information content (AvgIpc) is 2.52. The fraction of sp³-hybridized carbons (Fsp3) is 0.467. The molecule has 2 heterocycles. The van der Waals surface area contributed by atoms with Crippen LogP contribution in [-0.4, -0.2) is 54.3 Å². The molecular weight excluding hydrogens is 284 g/mol. The van der Waals surface area contributed by atoms with Crippen molar-refractivity contribution >= 4 is 28.9 Å². The molecule has 0 atom stereocenters. The third kappa shape index (κ3) is 3.78. The van der Waals surface area contributed by atoms with Crippen LogP contribution in [-0.2, 0) is 4.74 Å². The van der Waals surface area contributed by atoms with Crippen molar-refractivity contribution in [3.63, 3.8) is 0 Å². The Hall–Kier alpha value is -1.50. The van der Waals surface area contributed by atoms with Crippen molar-refractivity contribution in [2.45, 2.75) is 6.42 Å². The second-order valence-electron chi connectivity index (χ2n) is 5.17. The molecule has 0 unspecified atom stereocenters. The van der Waals surface area contributed by atoms with Gasteiger partial charge in [0.1, 0.15) is 5.82 Å². The van der Waals surface area contributed by atoms with Gasteiger partial charge in [0.15, 0.2) is 4.77 Å². The number of nitrogens with one attached hydrogen (secondary N) is 2. The zero-order valence-electron chi connectivity index (χ0n) is 12.0. The first-order valence-corrected chi connectivity index (χ1v) is 7.77. The number of fused-ring (bicyclic) bond motifs is 1. The molecule has 1 aromatic heterocycles. The minimum absolute atomic E-state index is 0.518. The van der Waals surface area contributed by atoms with Gasteiger partial charge in [-0.15, -0.1) is 0 Å². The number of nitrogens with zero attached hydrogens (tertiary/aromatic N) is 2. The lowest BCUT2D eigenvalue weighted by molar-refractivity contribution is 0.0378. The summed E-state index contributed by atoms with van der Waals surface area (Å²) in [5.41, 5.74) is 1.02. The highest BCUT2D eigenvalue weighted by Gasteiger charge is 2.09. The number of hydrogen-bond donors (Lipinski definition) is 2. The van der Waals surface area contributed by atoms with Gasteiger partial charge >= 0.3 is 0 Å². The monoisotopic (exact) mass is 304 g/mol. The van der Waals surface area contributed by atoms with Gasteiger partial charge in [0.2, 0.25) is 0 Å². The third-order valence-electron chi connectivity index (χ3n) is 3.68. The summed E-state index contributed by atoms with van der Waals surface area (Å²) in [7, 11) is 0. The molecule has 3 rings (SSSR count). The zero-order chi connectivity index (χ0) is 14.5. The number of aromatic nitrogens is 2. The molecule has 0 amide bonds. The third-order valence-corrected chi connectivity index (χ3v) is 3.88. The van der Waals surface area contributed by atoms with Crippen molar-refractivity contribution in [1.29, 1.82) is 0 Å². The van der Waals surface area contributed by atoms with Gasteiger partial charge in [-0.05, 0) is 37.3 Å². The van der Waals surface area contributed by atoms with Gasteiger partial charge in [-0.3, -0.25) is 4.90 Å². The summed E-state index contributed by atoms with van der Waals surface area (Å²) in [6, 6.07) is 8.08. The van der Waals surface area contributed by atoms with Crippen LogP contribution < -0.4 is 5.32 Å². The van der Waals surface area contributed by atoms with E-state index in [2.05, 4.69) is 26.3 Å². The molecular formula is C15H20N4OS. The van der Waals surface area contributed by atoms with Gasteiger partial charge in [0, 0.05) is 25.0 Å². The number of para-hydroxylation sites is 1. The summed E-state index contributed by atoms with van der Waals surface area (Å²) in [4.78, 5) is 9.95. The predicted molar refractivity (Wildman–Crippen MR) is 87.3 cm³/mol. The molecule has 1 saturated heterocycles. The van der Waals surface area contributed by atoms with Gasteiger partial charge in [-0.25, -0.2) is 4.98 Å². The van der Waals surface area contributed by atoms with E-state index >= 15 is 0 Å². The highest BCUT2D eigenvalue weighted by atomic mass is 32.1. The number of morpholine rings is 1. The summed E-state index contributed by atoms with van der Waals surface area (Å²) in [5.74, 6) is 0.872. The fourth-order valence-corrected chi connectivity index (χ4v) is 2.77. The smallest absolute Gasteiger partial charge is 0.199 e. The minimum atomic E-state index is 0.518. The maximum absolute atomic E-state index is 5.35. The molecule has 2 aromatic rings. The average molecular weight is 304 g/mol. The lowest BCUT2D eigenvalue weighted by Crippen LogP contribution is -2.37. The maximum Gasteiger partial charge on any atom is 0.199 e. The largest absolute Gasteiger partial charge is 0.379 e. The van der Waals surface area contributed by atoms with E-state index in [1.165, 1.54) is 0 Å². The SMILES string of the molecule is S=c1nc(NCCCN2CCOCC2)c2ccccc2[nH]1. The van der Waals surface area contributed by atoms with E-state index in [0.29, 0.717) is 4.77 Å². The van der Waals surface area contributed by atoms with E-state index in [-0.39, 0.29) is 0 Å². The molecule has 1 aromatic carbocycles. The van der Waals surface area contributed by atoms with Gasteiger partial charge in [-0.2, -0.15) is 0 Å². The quantitative estimate of drug-likeness (QED) is 0.656. The second-order valence-corrected chi connectivity index (χ2v) is 5.56. The van der Waals surface area contributed by atoms with Crippen LogP contribution in [0.1, 0.15) is 6.42 Å². The molecule has 0 bridgehead atoms. The number of anilines is 1. The fourth-order valence-electron chi connectivity index (χ4n) is 2.57. The van der Waals surface area contributed by atoms with Gasteiger partial charge in [0.05, 0.1) is 18.7 Å². The van der Waals surface area contributed by atoms with Gasteiger partial charge < -0.3 is 15.0 Å². The molecule has 0 aliphatic carbocycles. The lowest BCUT2D eigenvalue weighted by Gasteiger charge is -2.26. The number of aromatic amines is 1. The van der Waals surface area contributed by atoms with Crippen LogP contribution in [0.5, 0.6) is 0 Å². The van der Waals surface area contributed by atoms with Crippen molar-refractivity contribution in [2.75, 3.05) is 44.7 Å². The molecule has 21 heavy (non-hydrogen) atoms. The topological polar surface area (TPSA) is 53.2 Å². The Morgan fingerprint density at radius 1 is 1.29 bits per heavy atom. The summed E-state index contributed by atoms with van der Waals surface area (Å²) < 4.78 is 5.87. The highest BCUT2D eigenvalue weighted by molar-refractivity contribution is 7.71. The summed E-state index contributed by atoms with van der Waals surface area (Å²) in [6.07, 6.45) is 1.08. The van der Waals surface area contributed by atoms with E-state index in [4.69, 9.17) is 17.0 Å². The van der Waals surface area contributed by atoms with E-state index in [1.807, 2.05) is 18.2 Å². The normalized spacial score (nSPS) is 16.2. The summed E-state index contributed by atoms with van der Waals surface area (Å²) in [6.45, 7) is 5.78. The van der Waals surface area contributed by atoms with Gasteiger partial charge in [-0.1, -0.05) is 12.1 Å². The predicted octanol–water partition coefficient (Wildman–Crippen LogP) is 2.43. The molecule has 1 fully saturated rings. The van der Waals surface area contributed by atoms with Gasteiger partial charge in [0.25, 0.3) is 0 Å². The van der Waals surface area contributed by atoms with Crippen LogP contribution in [0.4, 0.5) is 5.82 Å². The number of benzene rings is 1. The Morgan fingerprint density at radius 3 is 2.95 bits per heavy atom. The number of hydrogen-bond acceptors (Lipinski definition) is 5. The lowest BCUT2D eigenvalue weighted by atomic mass is 10.2. The molecule has 5 nitrogen and oxygen atoms in total. The van der Waals surface area contributed by atoms with Crippen LogP contribution in [0.25, 0.3) is 10.9 Å². The first kappa shape index (κ1) is 14.4. The maximum atomic E-state index is 5.35. The van der Waals surface area contributed by atoms with Crippen molar-refractivity contribution < 1.29 is 4.74 Å². The first-order chi connectivity index (χ1) is 10.3. The van der Waals surface area contributed by atoms with E-state index in [1.54, 1.807) is 0 Å². The molecule has 0 spiro atoms. The number of rotatable bonds is 5. The van der Waals surface area contributed by atoms with Crippen LogP contribution >= 0.6 is 12.2 Å². The van der Waals surface area contributed by atoms with E-state index in [0.717, 1.165) is 62.5 Å². The Labute approximate surface area is 129 Å². The molecule has 1 aliphatic rings. The van der Waals surface area contributed by atoms with Crippen molar-refractivity contribution in [2.24, 2.45) is 0 Å². The molecule has 1 aliphatic heterocycles. The van der Waals surface area contributed by atoms with E-state index in [9.17, 15) is 0 Å². The van der Waals surface area contributed by atoms with Crippen LogP contribution in [0, 0.1) is 4.77 Å². The molecule has 0 radical (unpaired) electrons. The van der Waals surface area contributed by atoms with Crippen LogP contribution in [0.2, 0.25) is 0 Å². The minimum Gasteiger partial charge on any atom is -0.379 e. The summed E-state index contributed by atoms with van der Waals surface area (Å²) in [5, 5.41) is 4.49. The molecule has 6 heteroatoms. The highest BCUT2D eigenvalue weighted by Crippen LogP contribution is 2.18. The second kappa shape index (κ2) is 6.98. The summed E-state index contributed by atoms with van der Waals surface area (Å²) >= 11 is 5.18. The molecule has 0 saturated carbocycles. The Kier molecular flexibility index (Phi) is 4.80. The van der Waals surface area contributed by atoms with Crippen molar-refractivity contribution in [3.8, 4) is 0 Å². The molecule has 2 N–H and O–H groups in total. The van der Waals surface area contributed by atoms with Crippen LogP contribution in [0.3, 0.4) is 0 Å².